The van der Waals surface area contributed by atoms with Crippen molar-refractivity contribution in [2.24, 2.45) is 11.1 Å². The largest absolute Gasteiger partial charge is 0.396 e. The van der Waals surface area contributed by atoms with Crippen LogP contribution < -0.4 is 5.73 Å². The maximum absolute atomic E-state index is 9.11. The molecule has 0 saturated carbocycles. The van der Waals surface area contributed by atoms with Crippen molar-refractivity contribution in [3.05, 3.63) is 22.4 Å². The van der Waals surface area contributed by atoms with Crippen molar-refractivity contribution in [1.82, 2.24) is 0 Å². The van der Waals surface area contributed by atoms with E-state index in [1.165, 1.54) is 5.56 Å². The van der Waals surface area contributed by atoms with E-state index < -0.39 is 0 Å². The van der Waals surface area contributed by atoms with Crippen LogP contribution in [0.3, 0.4) is 0 Å². The molecule has 0 amide bonds. The van der Waals surface area contributed by atoms with Gasteiger partial charge in [0.1, 0.15) is 0 Å². The van der Waals surface area contributed by atoms with Gasteiger partial charge in [-0.3, -0.25) is 0 Å². The maximum atomic E-state index is 9.11. The second-order valence-corrected chi connectivity index (χ2v) is 4.26. The molecule has 1 aromatic rings. The average Bonchev–Trinajstić information content (AvgIpc) is 2.57. The maximum Gasteiger partial charge on any atom is 0.0500 e. The molecule has 0 saturated heterocycles. The fourth-order valence-electron chi connectivity index (χ4n) is 1.08. The first-order chi connectivity index (χ1) is 5.70. The first kappa shape index (κ1) is 9.71. The summed E-state index contributed by atoms with van der Waals surface area (Å²) in [6, 6.07) is 2.08. The lowest BCUT2D eigenvalue weighted by Crippen LogP contribution is -2.33. The van der Waals surface area contributed by atoms with Crippen LogP contribution in [0.25, 0.3) is 0 Å². The Labute approximate surface area is 77.0 Å². The first-order valence-corrected chi connectivity index (χ1v) is 4.96. The average molecular weight is 185 g/mol. The number of hydrogen-bond acceptors (Lipinski definition) is 3. The molecule has 1 heterocycles. The lowest BCUT2D eigenvalue weighted by Gasteiger charge is -2.24. The second-order valence-electron chi connectivity index (χ2n) is 3.48. The van der Waals surface area contributed by atoms with E-state index in [9.17, 15) is 0 Å². The van der Waals surface area contributed by atoms with Crippen LogP contribution in [0.1, 0.15) is 12.5 Å². The zero-order valence-electron chi connectivity index (χ0n) is 7.29. The molecular weight excluding hydrogens is 170 g/mol. The Balaban J connectivity index is 2.60. The summed E-state index contributed by atoms with van der Waals surface area (Å²) in [7, 11) is 0. The number of thiophene rings is 1. The minimum Gasteiger partial charge on any atom is -0.396 e. The highest BCUT2D eigenvalue weighted by molar-refractivity contribution is 7.07. The summed E-state index contributed by atoms with van der Waals surface area (Å²) in [5.74, 6) is 0. The van der Waals surface area contributed by atoms with Crippen LogP contribution in [0, 0.1) is 5.41 Å². The van der Waals surface area contributed by atoms with Crippen LogP contribution in [-0.2, 0) is 6.42 Å². The molecule has 3 heteroatoms. The van der Waals surface area contributed by atoms with Crippen molar-refractivity contribution in [3.63, 3.8) is 0 Å². The molecule has 2 nitrogen and oxygen atoms in total. The highest BCUT2D eigenvalue weighted by atomic mass is 32.1. The molecule has 0 spiro atoms. The van der Waals surface area contributed by atoms with Gasteiger partial charge in [0.25, 0.3) is 0 Å². The normalized spacial score (nSPS) is 15.9. The third-order valence-corrected chi connectivity index (χ3v) is 2.82. The Hall–Kier alpha value is -0.380. The van der Waals surface area contributed by atoms with Gasteiger partial charge >= 0.3 is 0 Å². The molecule has 0 fully saturated rings. The van der Waals surface area contributed by atoms with Gasteiger partial charge in [-0.25, -0.2) is 0 Å². The van der Waals surface area contributed by atoms with Crippen molar-refractivity contribution >= 4 is 11.3 Å². The van der Waals surface area contributed by atoms with E-state index in [0.29, 0.717) is 6.54 Å². The van der Waals surface area contributed by atoms with E-state index >= 15 is 0 Å². The zero-order chi connectivity index (χ0) is 9.03. The van der Waals surface area contributed by atoms with Gasteiger partial charge in [-0.1, -0.05) is 6.92 Å². The summed E-state index contributed by atoms with van der Waals surface area (Å²) in [5, 5.41) is 13.3. The van der Waals surface area contributed by atoms with Crippen molar-refractivity contribution in [1.29, 1.82) is 0 Å². The molecule has 0 aromatic carbocycles. The lowest BCUT2D eigenvalue weighted by atomic mass is 9.85. The van der Waals surface area contributed by atoms with Crippen LogP contribution in [-0.4, -0.2) is 18.3 Å². The Kier molecular flexibility index (Phi) is 3.26. The Morgan fingerprint density at radius 3 is 2.83 bits per heavy atom. The number of aliphatic hydroxyl groups excluding tert-OH is 1. The molecule has 0 aliphatic heterocycles. The third kappa shape index (κ3) is 2.30. The quantitative estimate of drug-likeness (QED) is 0.741. The summed E-state index contributed by atoms with van der Waals surface area (Å²) in [4.78, 5) is 0. The van der Waals surface area contributed by atoms with Gasteiger partial charge in [0.2, 0.25) is 0 Å². The molecule has 3 N–H and O–H groups in total. The predicted molar refractivity (Wildman–Crippen MR) is 52.3 cm³/mol. The second kappa shape index (κ2) is 4.03. The van der Waals surface area contributed by atoms with Gasteiger partial charge in [-0.15, -0.1) is 0 Å². The van der Waals surface area contributed by atoms with Crippen molar-refractivity contribution in [2.45, 2.75) is 13.3 Å². The number of hydrogen-bond donors (Lipinski definition) is 2. The molecule has 0 bridgehead atoms. The van der Waals surface area contributed by atoms with Gasteiger partial charge in [-0.05, 0) is 28.8 Å². The lowest BCUT2D eigenvalue weighted by molar-refractivity contribution is 0.149. The number of nitrogens with two attached hydrogens (primary N) is 1. The molecule has 12 heavy (non-hydrogen) atoms. The van der Waals surface area contributed by atoms with Gasteiger partial charge in [0.05, 0.1) is 0 Å². The summed E-state index contributed by atoms with van der Waals surface area (Å²) in [5.41, 5.74) is 6.69. The van der Waals surface area contributed by atoms with E-state index in [1.54, 1.807) is 11.3 Å². The highest BCUT2D eigenvalue weighted by Gasteiger charge is 2.21. The van der Waals surface area contributed by atoms with Gasteiger partial charge in [0.15, 0.2) is 0 Å². The highest BCUT2D eigenvalue weighted by Crippen LogP contribution is 2.21. The fraction of sp³-hybridized carbons (Fsp3) is 0.556. The Morgan fingerprint density at radius 2 is 2.42 bits per heavy atom. The first-order valence-electron chi connectivity index (χ1n) is 4.02. The molecule has 1 rings (SSSR count). The van der Waals surface area contributed by atoms with Crippen LogP contribution >= 0.6 is 11.3 Å². The molecule has 1 aromatic heterocycles. The Morgan fingerprint density at radius 1 is 1.67 bits per heavy atom. The molecule has 0 aliphatic carbocycles. The van der Waals surface area contributed by atoms with Crippen LogP contribution in [0.15, 0.2) is 16.8 Å². The van der Waals surface area contributed by atoms with E-state index in [4.69, 9.17) is 10.8 Å². The van der Waals surface area contributed by atoms with Gasteiger partial charge in [-0.2, -0.15) is 11.3 Å². The standard InChI is InChI=1S/C9H15NOS/c1-9(6-10,7-11)4-8-2-3-12-5-8/h2-3,5,11H,4,6-7,10H2,1H3. The number of rotatable bonds is 4. The SMILES string of the molecule is CC(CN)(CO)Cc1ccsc1. The van der Waals surface area contributed by atoms with E-state index in [1.807, 2.05) is 12.3 Å². The summed E-state index contributed by atoms with van der Waals surface area (Å²) < 4.78 is 0. The molecule has 68 valence electrons. The third-order valence-electron chi connectivity index (χ3n) is 2.09. The van der Waals surface area contributed by atoms with Gasteiger partial charge in [0, 0.05) is 18.6 Å². The summed E-state index contributed by atoms with van der Waals surface area (Å²) in [6.07, 6.45) is 0.865. The van der Waals surface area contributed by atoms with Crippen LogP contribution in [0.5, 0.6) is 0 Å². The molecule has 0 radical (unpaired) electrons. The van der Waals surface area contributed by atoms with Crippen molar-refractivity contribution < 1.29 is 5.11 Å². The van der Waals surface area contributed by atoms with E-state index in [2.05, 4.69) is 11.4 Å². The van der Waals surface area contributed by atoms with Crippen molar-refractivity contribution in [2.75, 3.05) is 13.2 Å². The van der Waals surface area contributed by atoms with Crippen molar-refractivity contribution in [3.8, 4) is 0 Å². The zero-order valence-corrected chi connectivity index (χ0v) is 8.10. The smallest absolute Gasteiger partial charge is 0.0500 e. The molecule has 0 aliphatic rings. The molecular formula is C9H15NOS. The summed E-state index contributed by atoms with van der Waals surface area (Å²) >= 11 is 1.68. The van der Waals surface area contributed by atoms with Crippen LogP contribution in [0.2, 0.25) is 0 Å². The molecule has 1 atom stereocenters. The number of aliphatic hydroxyl groups is 1. The minimum absolute atomic E-state index is 0.152. The van der Waals surface area contributed by atoms with Crippen LogP contribution in [0.4, 0.5) is 0 Å². The summed E-state index contributed by atoms with van der Waals surface area (Å²) in [6.45, 7) is 2.68. The predicted octanol–water partition coefficient (Wildman–Crippen LogP) is 1.25. The van der Waals surface area contributed by atoms with Gasteiger partial charge < -0.3 is 10.8 Å². The molecule has 1 unspecified atom stereocenters. The minimum atomic E-state index is -0.152. The topological polar surface area (TPSA) is 46.2 Å². The van der Waals surface area contributed by atoms with E-state index in [-0.39, 0.29) is 12.0 Å². The Bertz CT molecular complexity index is 216. The fourth-order valence-corrected chi connectivity index (χ4v) is 1.75. The monoisotopic (exact) mass is 185 g/mol. The van der Waals surface area contributed by atoms with E-state index in [0.717, 1.165) is 6.42 Å².